The highest BCUT2D eigenvalue weighted by molar-refractivity contribution is 6.23. The first-order valence-corrected chi connectivity index (χ1v) is 12.3. The van der Waals surface area contributed by atoms with Gasteiger partial charge in [0.1, 0.15) is 18.1 Å². The molecule has 9 aromatic rings. The van der Waals surface area contributed by atoms with Crippen molar-refractivity contribution >= 4 is 54.5 Å². The monoisotopic (exact) mass is 560 g/mol. The molecular formula is C40H24O2. The van der Waals surface area contributed by atoms with E-state index in [9.17, 15) is 9.60 Å². The predicted molar refractivity (Wildman–Crippen MR) is 175 cm³/mol. The molecular weight excluding hydrogens is 512 g/mol. The molecule has 0 saturated heterocycles. The van der Waals surface area contributed by atoms with Crippen LogP contribution in [0.5, 0.6) is 0 Å². The molecule has 0 bridgehead atoms. The molecule has 42 heavy (non-hydrogen) atoms. The molecule has 0 radical (unpaired) electrons. The van der Waals surface area contributed by atoms with E-state index < -0.39 is 228 Å². The quantitative estimate of drug-likeness (QED) is 0.201. The Labute approximate surface area is 275 Å². The largest absolute Gasteiger partial charge is 0.463 e. The van der Waals surface area contributed by atoms with E-state index in [4.69, 9.17) is 32.1 Å². The Bertz CT molecular complexity index is 3670. The first kappa shape index (κ1) is 9.75. The summed E-state index contributed by atoms with van der Waals surface area (Å²) in [6.45, 7) is 0. The highest BCUT2D eigenvalue weighted by Gasteiger charge is 2.20. The Morgan fingerprint density at radius 3 is 1.62 bits per heavy atom. The Balaban J connectivity index is 1.58. The summed E-state index contributed by atoms with van der Waals surface area (Å²) in [6.07, 6.45) is -0.847. The summed E-state index contributed by atoms with van der Waals surface area (Å²) in [4.78, 5) is 0. The van der Waals surface area contributed by atoms with Crippen LogP contribution in [0.25, 0.3) is 87.8 Å². The maximum absolute atomic E-state index is 9.84. The summed E-state index contributed by atoms with van der Waals surface area (Å²) >= 11 is 0. The van der Waals surface area contributed by atoms with Crippen LogP contribution in [0.4, 0.5) is 0 Å². The van der Waals surface area contributed by atoms with Gasteiger partial charge < -0.3 is 8.83 Å². The van der Waals surface area contributed by atoms with Crippen molar-refractivity contribution in [3.63, 3.8) is 0 Å². The average molecular weight is 561 g/mol. The van der Waals surface area contributed by atoms with Gasteiger partial charge in [-0.2, -0.15) is 0 Å². The van der Waals surface area contributed by atoms with Gasteiger partial charge >= 0.3 is 0 Å². The van der Waals surface area contributed by atoms with Crippen molar-refractivity contribution in [3.05, 3.63) is 145 Å². The lowest BCUT2D eigenvalue weighted by atomic mass is 9.86. The summed E-state index contributed by atoms with van der Waals surface area (Å²) < 4.78 is 224. The van der Waals surface area contributed by atoms with E-state index in [0.29, 0.717) is 0 Å². The Morgan fingerprint density at radius 2 is 0.976 bits per heavy atom. The van der Waals surface area contributed by atoms with Crippen molar-refractivity contribution < 1.29 is 41.7 Å². The van der Waals surface area contributed by atoms with Gasteiger partial charge in [0.05, 0.1) is 43.2 Å². The summed E-state index contributed by atoms with van der Waals surface area (Å²) in [5, 5.41) is -3.88. The van der Waals surface area contributed by atoms with Crippen LogP contribution in [0.3, 0.4) is 0 Å². The molecule has 0 atom stereocenters. The first-order chi connectivity index (χ1) is 30.8. The molecule has 0 aliphatic heterocycles. The van der Waals surface area contributed by atoms with Crippen molar-refractivity contribution in [1.29, 1.82) is 0 Å². The van der Waals surface area contributed by atoms with Crippen molar-refractivity contribution in [2.24, 2.45) is 0 Å². The highest BCUT2D eigenvalue weighted by atomic mass is 16.3. The lowest BCUT2D eigenvalue weighted by molar-refractivity contribution is 0.619. The molecule has 196 valence electrons. The van der Waals surface area contributed by atoms with Gasteiger partial charge in [0.15, 0.2) is 0 Å². The average Bonchev–Trinajstić information content (AvgIpc) is 3.86. The van der Waals surface area contributed by atoms with Crippen molar-refractivity contribution in [2.75, 3.05) is 0 Å². The van der Waals surface area contributed by atoms with Crippen LogP contribution >= 0.6 is 0 Å². The van der Waals surface area contributed by atoms with Crippen molar-refractivity contribution in [1.82, 2.24) is 0 Å². The third kappa shape index (κ3) is 3.33. The van der Waals surface area contributed by atoms with E-state index in [0.717, 1.165) is 0 Å². The molecule has 0 unspecified atom stereocenters. The van der Waals surface area contributed by atoms with Crippen molar-refractivity contribution in [2.45, 2.75) is 0 Å². The maximum Gasteiger partial charge on any atom is 0.146 e. The molecule has 2 heteroatoms. The summed E-state index contributed by atoms with van der Waals surface area (Å²) in [6, 6.07) is -19.8. The van der Waals surface area contributed by atoms with Crippen LogP contribution in [0.1, 0.15) is 32.9 Å². The number of rotatable bonds is 3. The zero-order valence-electron chi connectivity index (χ0n) is 44.8. The normalized spacial score (nSPS) is 19.8. The molecule has 2 aromatic heterocycles. The standard InChI is InChI=1S/C40H24O2/c1-3-11-25(12-4-1)34-24-41-40-32(34)20-22-36-39(40)33-23-27(19-21-35(33)42-36)38-30-17-9-7-15-28(30)37(26-13-5-2-6-14-26)29-16-8-10-18-31(29)38/h1-24H/i1D,2D,3D,4D,5D,6D,7D,8D,9D,10D,11D,12D,13D,14D,15D,16D,17D,18D,19D,20D,21D,22D,23D,24D. The van der Waals surface area contributed by atoms with Crippen LogP contribution in [0, 0.1) is 0 Å². The van der Waals surface area contributed by atoms with E-state index in [-0.39, 0.29) is 5.39 Å². The van der Waals surface area contributed by atoms with Gasteiger partial charge in [-0.3, -0.25) is 0 Å². The first-order valence-electron chi connectivity index (χ1n) is 24.3. The second-order valence-corrected chi connectivity index (χ2v) is 9.04. The highest BCUT2D eigenvalue weighted by Crippen LogP contribution is 2.45. The van der Waals surface area contributed by atoms with E-state index >= 15 is 0 Å². The number of hydrogen-bond donors (Lipinski definition) is 0. The van der Waals surface area contributed by atoms with Gasteiger partial charge in [-0.25, -0.2) is 0 Å². The second-order valence-electron chi connectivity index (χ2n) is 9.04. The summed E-state index contributed by atoms with van der Waals surface area (Å²) in [5.41, 5.74) is -5.36. The van der Waals surface area contributed by atoms with Crippen molar-refractivity contribution in [3.8, 4) is 33.4 Å². The van der Waals surface area contributed by atoms with Gasteiger partial charge in [0, 0.05) is 16.3 Å². The number of benzene rings is 7. The Kier molecular flexibility index (Phi) is 2.08. The molecule has 0 fully saturated rings. The molecule has 9 rings (SSSR count). The Morgan fingerprint density at radius 1 is 0.429 bits per heavy atom. The van der Waals surface area contributed by atoms with Gasteiger partial charge in [-0.1, -0.05) is 115 Å². The fourth-order valence-corrected chi connectivity index (χ4v) is 5.13. The van der Waals surface area contributed by atoms with E-state index in [1.54, 1.807) is 0 Å². The topological polar surface area (TPSA) is 26.3 Å². The Hall–Kier alpha value is -5.60. The second kappa shape index (κ2) is 8.95. The summed E-state index contributed by atoms with van der Waals surface area (Å²) in [7, 11) is 0. The van der Waals surface area contributed by atoms with Crippen LogP contribution < -0.4 is 0 Å². The third-order valence-electron chi connectivity index (χ3n) is 6.84. The summed E-state index contributed by atoms with van der Waals surface area (Å²) in [5.74, 6) is 0. The van der Waals surface area contributed by atoms with E-state index in [1.807, 2.05) is 0 Å². The van der Waals surface area contributed by atoms with Gasteiger partial charge in [0.25, 0.3) is 0 Å². The maximum atomic E-state index is 9.84. The number of furan rings is 2. The number of hydrogen-bond acceptors (Lipinski definition) is 2. The SMILES string of the molecule is [2H]c1oc2c(c([2H])c([2H])c3oc4c([2H])c([2H])c(-c5c6c([2H])c([2H])c([2H])c([2H])c6c(-c6c([2H])c([2H])c([2H])c([2H])c6[2H])c6c([2H])c([2H])c([2H])c([2H])c56)c([2H])c4c32)c1-c1c([2H])c([2H])c([2H])c([2H])c1[2H]. The van der Waals surface area contributed by atoms with E-state index in [2.05, 4.69) is 0 Å². The molecule has 0 N–H and O–H groups in total. The molecule has 2 heterocycles. The van der Waals surface area contributed by atoms with E-state index in [1.165, 1.54) is 0 Å². The van der Waals surface area contributed by atoms with Gasteiger partial charge in [-0.05, 0) is 73.5 Å². The molecule has 7 aromatic carbocycles. The lowest BCUT2D eigenvalue weighted by Crippen LogP contribution is -1.90. The molecule has 0 amide bonds. The minimum absolute atomic E-state index is 0.388. The van der Waals surface area contributed by atoms with Gasteiger partial charge in [-0.15, -0.1) is 0 Å². The minimum atomic E-state index is -0.929. The predicted octanol–water partition coefficient (Wildman–Crippen LogP) is 11.6. The number of fused-ring (bicyclic) bond motifs is 7. The van der Waals surface area contributed by atoms with Crippen LogP contribution in [0.2, 0.25) is 0 Å². The molecule has 0 saturated carbocycles. The van der Waals surface area contributed by atoms with Crippen LogP contribution in [0.15, 0.2) is 154 Å². The lowest BCUT2D eigenvalue weighted by Gasteiger charge is -2.17. The smallest absolute Gasteiger partial charge is 0.146 e. The minimum Gasteiger partial charge on any atom is -0.463 e. The molecule has 2 nitrogen and oxygen atoms in total. The molecule has 0 aliphatic carbocycles. The zero-order valence-corrected chi connectivity index (χ0v) is 20.8. The fraction of sp³-hybridized carbons (Fsp3) is 0. The molecule has 0 aliphatic rings. The zero-order chi connectivity index (χ0) is 48.5. The fourth-order valence-electron chi connectivity index (χ4n) is 5.13. The van der Waals surface area contributed by atoms with Crippen LogP contribution in [-0.4, -0.2) is 0 Å². The third-order valence-corrected chi connectivity index (χ3v) is 6.84. The van der Waals surface area contributed by atoms with Gasteiger partial charge in [0.2, 0.25) is 0 Å². The molecule has 0 spiro atoms. The van der Waals surface area contributed by atoms with Crippen LogP contribution in [-0.2, 0) is 0 Å².